The molecule has 0 aliphatic carbocycles. The van der Waals surface area contributed by atoms with E-state index in [-0.39, 0.29) is 11.8 Å². The Morgan fingerprint density at radius 2 is 1.58 bits per heavy atom. The molecule has 0 saturated carbocycles. The SMILES string of the molecule is COC#CC(O)(C(C)C)C(C)C. The Morgan fingerprint density at radius 3 is 1.83 bits per heavy atom. The molecule has 0 rings (SSSR count). The molecule has 0 atom stereocenters. The highest BCUT2D eigenvalue weighted by atomic mass is 16.5. The molecule has 0 aromatic heterocycles. The van der Waals surface area contributed by atoms with E-state index < -0.39 is 5.60 Å². The van der Waals surface area contributed by atoms with Gasteiger partial charge in [0.1, 0.15) is 11.7 Å². The molecule has 1 N–H and O–H groups in total. The van der Waals surface area contributed by atoms with Gasteiger partial charge >= 0.3 is 0 Å². The summed E-state index contributed by atoms with van der Waals surface area (Å²) < 4.78 is 4.62. The molecule has 0 fully saturated rings. The lowest BCUT2D eigenvalue weighted by Gasteiger charge is -2.30. The van der Waals surface area contributed by atoms with E-state index in [4.69, 9.17) is 0 Å². The summed E-state index contributed by atoms with van der Waals surface area (Å²) in [5.41, 5.74) is -0.935. The molecule has 0 bridgehead atoms. The van der Waals surface area contributed by atoms with Crippen LogP contribution in [0.5, 0.6) is 0 Å². The summed E-state index contributed by atoms with van der Waals surface area (Å²) in [5.74, 6) is 2.95. The number of aliphatic hydroxyl groups is 1. The molecule has 0 aliphatic rings. The summed E-state index contributed by atoms with van der Waals surface area (Å²) >= 11 is 0. The van der Waals surface area contributed by atoms with Gasteiger partial charge in [-0.05, 0) is 17.8 Å². The Balaban J connectivity index is 4.63. The van der Waals surface area contributed by atoms with Gasteiger partial charge in [0.2, 0.25) is 0 Å². The molecule has 0 radical (unpaired) electrons. The van der Waals surface area contributed by atoms with Crippen LogP contribution in [-0.2, 0) is 4.74 Å². The van der Waals surface area contributed by atoms with E-state index in [1.54, 1.807) is 0 Å². The van der Waals surface area contributed by atoms with Crippen LogP contribution < -0.4 is 0 Å². The molecule has 0 saturated heterocycles. The zero-order valence-electron chi connectivity index (χ0n) is 8.51. The fraction of sp³-hybridized carbons (Fsp3) is 0.800. The van der Waals surface area contributed by atoms with Gasteiger partial charge in [-0.1, -0.05) is 27.7 Å². The molecule has 0 aromatic rings. The minimum Gasteiger partial charge on any atom is -0.450 e. The first kappa shape index (κ1) is 11.3. The predicted molar refractivity (Wildman–Crippen MR) is 49.4 cm³/mol. The Kier molecular flexibility index (Phi) is 4.12. The molecule has 0 spiro atoms. The van der Waals surface area contributed by atoms with Crippen molar-refractivity contribution in [2.24, 2.45) is 11.8 Å². The average Bonchev–Trinajstić information content (AvgIpc) is 1.99. The van der Waals surface area contributed by atoms with Crippen molar-refractivity contribution in [3.8, 4) is 12.0 Å². The number of hydrogen-bond donors (Lipinski definition) is 1. The third-order valence-corrected chi connectivity index (χ3v) is 2.11. The highest BCUT2D eigenvalue weighted by Crippen LogP contribution is 2.24. The number of ether oxygens (including phenoxy) is 1. The van der Waals surface area contributed by atoms with Gasteiger partial charge in [-0.3, -0.25) is 0 Å². The van der Waals surface area contributed by atoms with Crippen molar-refractivity contribution in [2.45, 2.75) is 33.3 Å². The van der Waals surface area contributed by atoms with Crippen LogP contribution in [0.1, 0.15) is 27.7 Å². The van der Waals surface area contributed by atoms with E-state index in [0.29, 0.717) is 0 Å². The van der Waals surface area contributed by atoms with Crippen LogP contribution in [-0.4, -0.2) is 17.8 Å². The van der Waals surface area contributed by atoms with E-state index >= 15 is 0 Å². The molecule has 0 aliphatic heterocycles. The van der Waals surface area contributed by atoms with Crippen LogP contribution in [0.15, 0.2) is 0 Å². The molecule has 0 heterocycles. The van der Waals surface area contributed by atoms with Crippen LogP contribution in [0.4, 0.5) is 0 Å². The number of rotatable bonds is 2. The van der Waals surface area contributed by atoms with Gasteiger partial charge < -0.3 is 9.84 Å². The predicted octanol–water partition coefficient (Wildman–Crippen LogP) is 1.64. The highest BCUT2D eigenvalue weighted by Gasteiger charge is 2.32. The first-order valence-electron chi connectivity index (χ1n) is 4.22. The minimum absolute atomic E-state index is 0.111. The molecule has 70 valence electrons. The Hall–Kier alpha value is -0.680. The fourth-order valence-corrected chi connectivity index (χ4v) is 1.09. The van der Waals surface area contributed by atoms with Crippen molar-refractivity contribution < 1.29 is 9.84 Å². The minimum atomic E-state index is -0.935. The third-order valence-electron chi connectivity index (χ3n) is 2.11. The van der Waals surface area contributed by atoms with Crippen molar-refractivity contribution in [3.05, 3.63) is 0 Å². The maximum absolute atomic E-state index is 10.0. The van der Waals surface area contributed by atoms with Crippen molar-refractivity contribution in [3.63, 3.8) is 0 Å². The van der Waals surface area contributed by atoms with Crippen LogP contribution in [0.3, 0.4) is 0 Å². The zero-order valence-corrected chi connectivity index (χ0v) is 8.51. The second-order valence-electron chi connectivity index (χ2n) is 3.57. The van der Waals surface area contributed by atoms with E-state index in [2.05, 4.69) is 16.8 Å². The molecular weight excluding hydrogens is 152 g/mol. The highest BCUT2D eigenvalue weighted by molar-refractivity contribution is 5.13. The molecule has 0 unspecified atom stereocenters. The average molecular weight is 170 g/mol. The Bertz CT molecular complexity index is 176. The van der Waals surface area contributed by atoms with Gasteiger partial charge in [0.15, 0.2) is 0 Å². The maximum atomic E-state index is 10.0. The lowest BCUT2D eigenvalue weighted by Crippen LogP contribution is -2.39. The summed E-state index contributed by atoms with van der Waals surface area (Å²) in [6.45, 7) is 7.80. The van der Waals surface area contributed by atoms with Gasteiger partial charge in [-0.25, -0.2) is 0 Å². The van der Waals surface area contributed by atoms with Crippen LogP contribution in [0.25, 0.3) is 0 Å². The second kappa shape index (κ2) is 4.37. The summed E-state index contributed by atoms with van der Waals surface area (Å²) in [4.78, 5) is 0. The van der Waals surface area contributed by atoms with Crippen LogP contribution in [0.2, 0.25) is 0 Å². The van der Waals surface area contributed by atoms with Gasteiger partial charge in [0.05, 0.1) is 7.11 Å². The van der Waals surface area contributed by atoms with E-state index in [9.17, 15) is 5.11 Å². The summed E-state index contributed by atoms with van der Waals surface area (Å²) in [6, 6.07) is 0. The smallest absolute Gasteiger partial charge is 0.133 e. The number of hydrogen-bond acceptors (Lipinski definition) is 2. The van der Waals surface area contributed by atoms with Crippen molar-refractivity contribution >= 4 is 0 Å². The topological polar surface area (TPSA) is 29.5 Å². The molecule has 2 heteroatoms. The quantitative estimate of drug-likeness (QED) is 0.638. The first-order chi connectivity index (χ1) is 5.45. The molecule has 2 nitrogen and oxygen atoms in total. The fourth-order valence-electron chi connectivity index (χ4n) is 1.09. The Morgan fingerprint density at radius 1 is 1.17 bits per heavy atom. The van der Waals surface area contributed by atoms with Gasteiger partial charge in [0, 0.05) is 0 Å². The first-order valence-corrected chi connectivity index (χ1v) is 4.22. The molecular formula is C10H18O2. The van der Waals surface area contributed by atoms with Crippen molar-refractivity contribution in [1.29, 1.82) is 0 Å². The van der Waals surface area contributed by atoms with Crippen molar-refractivity contribution in [1.82, 2.24) is 0 Å². The van der Waals surface area contributed by atoms with Crippen LogP contribution >= 0.6 is 0 Å². The summed E-state index contributed by atoms with van der Waals surface area (Å²) in [5, 5.41) is 10.0. The van der Waals surface area contributed by atoms with Crippen molar-refractivity contribution in [2.75, 3.05) is 7.11 Å². The molecule has 0 aromatic carbocycles. The maximum Gasteiger partial charge on any atom is 0.133 e. The zero-order chi connectivity index (χ0) is 9.78. The van der Waals surface area contributed by atoms with Crippen LogP contribution in [0, 0.1) is 23.9 Å². The summed E-state index contributed by atoms with van der Waals surface area (Å²) in [7, 11) is 1.49. The van der Waals surface area contributed by atoms with Gasteiger partial charge in [-0.15, -0.1) is 0 Å². The second-order valence-corrected chi connectivity index (χ2v) is 3.57. The molecule has 0 amide bonds. The van der Waals surface area contributed by atoms with Gasteiger partial charge in [-0.2, -0.15) is 0 Å². The Labute approximate surface area is 74.9 Å². The summed E-state index contributed by atoms with van der Waals surface area (Å²) in [6.07, 6.45) is 2.45. The largest absolute Gasteiger partial charge is 0.450 e. The monoisotopic (exact) mass is 170 g/mol. The molecule has 12 heavy (non-hydrogen) atoms. The van der Waals surface area contributed by atoms with E-state index in [1.165, 1.54) is 7.11 Å². The number of methoxy groups -OCH3 is 1. The lowest BCUT2D eigenvalue weighted by molar-refractivity contribution is 0.00853. The van der Waals surface area contributed by atoms with E-state index in [0.717, 1.165) is 0 Å². The van der Waals surface area contributed by atoms with Gasteiger partial charge in [0.25, 0.3) is 0 Å². The normalized spacial score (nSPS) is 11.3. The van der Waals surface area contributed by atoms with E-state index in [1.807, 2.05) is 27.7 Å². The lowest BCUT2D eigenvalue weighted by atomic mass is 9.81. The third kappa shape index (κ3) is 2.42. The standard InChI is InChI=1S/C10H18O2/c1-8(2)10(11,9(3)4)6-7-12-5/h8-9,11H,1-5H3.